The fraction of sp³-hybridized carbons (Fsp3) is 0.0714. The monoisotopic (exact) mass is 746 g/mol. The van der Waals surface area contributed by atoms with Crippen LogP contribution in [-0.2, 0) is 5.41 Å². The average molecular weight is 747 g/mol. The van der Waals surface area contributed by atoms with Gasteiger partial charge in [-0.1, -0.05) is 166 Å². The molecule has 0 amide bonds. The van der Waals surface area contributed by atoms with Crippen LogP contribution in [0.3, 0.4) is 0 Å². The summed E-state index contributed by atoms with van der Waals surface area (Å²) in [7, 11) is 0. The summed E-state index contributed by atoms with van der Waals surface area (Å²) in [5.74, 6) is 0. The van der Waals surface area contributed by atoms with Gasteiger partial charge in [0, 0.05) is 39.2 Å². The Bertz CT molecular complexity index is 2820. The third-order valence-corrected chi connectivity index (χ3v) is 11.6. The van der Waals surface area contributed by atoms with Crippen LogP contribution in [0.25, 0.3) is 38.6 Å². The van der Waals surface area contributed by atoms with Crippen LogP contribution in [0.1, 0.15) is 37.5 Å². The van der Waals surface area contributed by atoms with Gasteiger partial charge >= 0.3 is 0 Å². The molecule has 0 saturated carbocycles. The van der Waals surface area contributed by atoms with E-state index in [0.717, 1.165) is 56.4 Å². The number of nitrogens with zero attached hydrogens (tertiary/aromatic N) is 2. The van der Waals surface area contributed by atoms with Crippen molar-refractivity contribution in [2.24, 2.45) is 0 Å². The highest BCUT2D eigenvalue weighted by atomic mass is 15.2. The van der Waals surface area contributed by atoms with Gasteiger partial charge in [-0.25, -0.2) is 0 Å². The smallest absolute Gasteiger partial charge is 0.0539 e. The highest BCUT2D eigenvalue weighted by Crippen LogP contribution is 2.50. The lowest BCUT2D eigenvalue weighted by molar-refractivity contribution is 0.660. The lowest BCUT2D eigenvalue weighted by atomic mass is 9.82. The second-order valence-corrected chi connectivity index (χ2v) is 15.4. The first-order valence-electron chi connectivity index (χ1n) is 20.1. The second kappa shape index (κ2) is 15.4. The van der Waals surface area contributed by atoms with Gasteiger partial charge in [0.15, 0.2) is 0 Å². The number of hydrogen-bond donors (Lipinski definition) is 0. The largest absolute Gasteiger partial charge is 0.310 e. The summed E-state index contributed by atoms with van der Waals surface area (Å²) in [6.45, 7) is 11.3. The molecular weight excluding hydrogens is 701 g/mol. The molecule has 2 nitrogen and oxygen atoms in total. The first-order valence-corrected chi connectivity index (χ1v) is 20.1. The zero-order valence-electron chi connectivity index (χ0n) is 33.3. The summed E-state index contributed by atoms with van der Waals surface area (Å²) in [5.41, 5.74) is 16.3. The van der Waals surface area contributed by atoms with Crippen molar-refractivity contribution in [3.05, 3.63) is 241 Å². The SMILES string of the molecule is C=C(/C=C\C(=C/C)N(c1ccccc1)c1cccc2ccccc12)c1cccc(-c2ccc(N(c3ccccc3)c3ccc4c(c3)C(C)(C)c3ccccc3-4)cc2)c1. The molecule has 1 aliphatic rings. The third kappa shape index (κ3) is 6.73. The molecule has 2 heteroatoms. The molecule has 8 aromatic carbocycles. The minimum atomic E-state index is -0.0786. The van der Waals surface area contributed by atoms with E-state index in [1.807, 2.05) is 0 Å². The van der Waals surface area contributed by atoms with E-state index in [1.54, 1.807) is 0 Å². The molecule has 0 unspecified atom stereocenters. The lowest BCUT2D eigenvalue weighted by Crippen LogP contribution is -2.16. The minimum Gasteiger partial charge on any atom is -0.310 e. The Balaban J connectivity index is 1.00. The highest BCUT2D eigenvalue weighted by Gasteiger charge is 2.35. The Kier molecular flexibility index (Phi) is 9.69. The van der Waals surface area contributed by atoms with Gasteiger partial charge in [0.05, 0.1) is 5.69 Å². The van der Waals surface area contributed by atoms with Gasteiger partial charge in [-0.3, -0.25) is 0 Å². The van der Waals surface area contributed by atoms with E-state index in [-0.39, 0.29) is 5.41 Å². The van der Waals surface area contributed by atoms with Crippen LogP contribution >= 0.6 is 0 Å². The number of anilines is 5. The molecule has 0 N–H and O–H groups in total. The standard InChI is InChI=1S/C56H46N2/c1-5-45(58(47-24-10-7-11-25-47)55-29-17-19-42-18-12-13-26-50(42)55)33-30-40(2)43-20-16-21-44(38-43)41-31-34-48(35-32-41)57(46-22-8-6-9-23-46)49-36-37-52-51-27-14-15-28-53(51)56(3,4)54(52)39-49/h5-39H,2H2,1,3-4H3/b33-30-,45-5+. The van der Waals surface area contributed by atoms with Crippen LogP contribution < -0.4 is 9.80 Å². The molecule has 0 aromatic heterocycles. The Labute approximate surface area is 343 Å². The number of allylic oxidation sites excluding steroid dienone is 4. The molecule has 280 valence electrons. The molecule has 1 aliphatic carbocycles. The van der Waals surface area contributed by atoms with E-state index in [1.165, 1.54) is 33.0 Å². The van der Waals surface area contributed by atoms with Crippen LogP contribution in [-0.4, -0.2) is 0 Å². The molecule has 0 fully saturated rings. The Morgan fingerprint density at radius 3 is 1.90 bits per heavy atom. The van der Waals surface area contributed by atoms with E-state index in [0.29, 0.717) is 0 Å². The molecule has 58 heavy (non-hydrogen) atoms. The van der Waals surface area contributed by atoms with Crippen LogP contribution in [0.2, 0.25) is 0 Å². The molecule has 0 spiro atoms. The minimum absolute atomic E-state index is 0.0786. The number of hydrogen-bond acceptors (Lipinski definition) is 2. The maximum atomic E-state index is 4.53. The van der Waals surface area contributed by atoms with Crippen LogP contribution in [0.15, 0.2) is 225 Å². The maximum absolute atomic E-state index is 4.53. The van der Waals surface area contributed by atoms with Crippen molar-refractivity contribution >= 4 is 44.8 Å². The number of fused-ring (bicyclic) bond motifs is 4. The normalized spacial score (nSPS) is 13.0. The van der Waals surface area contributed by atoms with Gasteiger partial charge in [-0.15, -0.1) is 0 Å². The summed E-state index contributed by atoms with van der Waals surface area (Å²) in [6, 6.07) is 69.7. The van der Waals surface area contributed by atoms with Gasteiger partial charge in [-0.2, -0.15) is 0 Å². The fourth-order valence-corrected chi connectivity index (χ4v) is 8.55. The molecule has 0 radical (unpaired) electrons. The van der Waals surface area contributed by atoms with Crippen molar-refractivity contribution in [2.75, 3.05) is 9.80 Å². The second-order valence-electron chi connectivity index (χ2n) is 15.4. The molecule has 0 saturated heterocycles. The summed E-state index contributed by atoms with van der Waals surface area (Å²) < 4.78 is 0. The molecule has 8 aromatic rings. The summed E-state index contributed by atoms with van der Waals surface area (Å²) >= 11 is 0. The van der Waals surface area contributed by atoms with Crippen molar-refractivity contribution in [1.29, 1.82) is 0 Å². The van der Waals surface area contributed by atoms with E-state index >= 15 is 0 Å². The molecule has 0 aliphatic heterocycles. The molecular formula is C56H46N2. The molecule has 0 heterocycles. The van der Waals surface area contributed by atoms with Crippen LogP contribution in [0, 0.1) is 0 Å². The van der Waals surface area contributed by atoms with Crippen molar-refractivity contribution in [1.82, 2.24) is 0 Å². The van der Waals surface area contributed by atoms with E-state index in [4.69, 9.17) is 0 Å². The highest BCUT2D eigenvalue weighted by molar-refractivity contribution is 5.97. The van der Waals surface area contributed by atoms with Gasteiger partial charge in [0.25, 0.3) is 0 Å². The first-order chi connectivity index (χ1) is 28.4. The summed E-state index contributed by atoms with van der Waals surface area (Å²) in [4.78, 5) is 4.69. The van der Waals surface area contributed by atoms with Crippen molar-refractivity contribution < 1.29 is 0 Å². The lowest BCUT2D eigenvalue weighted by Gasteiger charge is -2.28. The average Bonchev–Trinajstić information content (AvgIpc) is 3.51. The van der Waals surface area contributed by atoms with Gasteiger partial charge in [0.2, 0.25) is 0 Å². The number of benzene rings is 8. The Hall–Kier alpha value is -7.16. The van der Waals surface area contributed by atoms with Gasteiger partial charge < -0.3 is 9.80 Å². The summed E-state index contributed by atoms with van der Waals surface area (Å²) in [6.07, 6.45) is 6.47. The topological polar surface area (TPSA) is 6.48 Å². The zero-order chi connectivity index (χ0) is 39.6. The van der Waals surface area contributed by atoms with Crippen LogP contribution in [0.4, 0.5) is 28.4 Å². The summed E-state index contributed by atoms with van der Waals surface area (Å²) in [5, 5.41) is 2.41. The molecule has 0 atom stereocenters. The van der Waals surface area contributed by atoms with Gasteiger partial charge in [0.1, 0.15) is 0 Å². The molecule has 9 rings (SSSR count). The van der Waals surface area contributed by atoms with Crippen molar-refractivity contribution in [2.45, 2.75) is 26.2 Å². The van der Waals surface area contributed by atoms with Crippen molar-refractivity contribution in [3.63, 3.8) is 0 Å². The predicted molar refractivity (Wildman–Crippen MR) is 249 cm³/mol. The fourth-order valence-electron chi connectivity index (χ4n) is 8.55. The number of rotatable bonds is 10. The van der Waals surface area contributed by atoms with E-state index in [2.05, 4.69) is 250 Å². The van der Waals surface area contributed by atoms with Gasteiger partial charge in [-0.05, 0) is 124 Å². The van der Waals surface area contributed by atoms with Crippen molar-refractivity contribution in [3.8, 4) is 22.3 Å². The van der Waals surface area contributed by atoms with E-state index < -0.39 is 0 Å². The maximum Gasteiger partial charge on any atom is 0.0539 e. The number of para-hydroxylation sites is 2. The predicted octanol–water partition coefficient (Wildman–Crippen LogP) is 15.6. The first kappa shape index (κ1) is 36.5. The zero-order valence-corrected chi connectivity index (χ0v) is 33.3. The Morgan fingerprint density at radius 1 is 0.500 bits per heavy atom. The third-order valence-electron chi connectivity index (χ3n) is 11.6. The molecule has 0 bridgehead atoms. The van der Waals surface area contributed by atoms with Crippen LogP contribution in [0.5, 0.6) is 0 Å². The Morgan fingerprint density at radius 2 is 1.12 bits per heavy atom. The quantitative estimate of drug-likeness (QED) is 0.129. The van der Waals surface area contributed by atoms with E-state index in [9.17, 15) is 0 Å².